The van der Waals surface area contributed by atoms with E-state index in [9.17, 15) is 14.4 Å². The second kappa shape index (κ2) is 16.2. The molecular weight excluding hydrogens is 656 g/mol. The van der Waals surface area contributed by atoms with E-state index >= 15 is 0 Å². The second-order valence-electron chi connectivity index (χ2n) is 14.5. The summed E-state index contributed by atoms with van der Waals surface area (Å²) >= 11 is 0. The van der Waals surface area contributed by atoms with Crippen LogP contribution in [-0.4, -0.2) is 59.8 Å². The lowest BCUT2D eigenvalue weighted by atomic mass is 9.81. The number of amides is 2. The third-order valence-corrected chi connectivity index (χ3v) is 9.47. The normalized spacial score (nSPS) is 16.5. The van der Waals surface area contributed by atoms with E-state index in [0.29, 0.717) is 42.3 Å². The second-order valence-corrected chi connectivity index (χ2v) is 14.5. The molecule has 2 amide bonds. The number of alkyl carbamates (subject to hydrolysis) is 1. The van der Waals surface area contributed by atoms with Crippen LogP contribution in [0.15, 0.2) is 91.4 Å². The molecule has 0 spiro atoms. The summed E-state index contributed by atoms with van der Waals surface area (Å²) in [4.78, 5) is 46.7. The first-order valence-electron chi connectivity index (χ1n) is 17.8. The maximum Gasteiger partial charge on any atom is 0.407 e. The highest BCUT2D eigenvalue weighted by Gasteiger charge is 2.29. The number of benzene rings is 3. The van der Waals surface area contributed by atoms with Gasteiger partial charge in [-0.15, -0.1) is 0 Å². The van der Waals surface area contributed by atoms with Crippen LogP contribution in [0.25, 0.3) is 32.8 Å². The van der Waals surface area contributed by atoms with Crippen molar-refractivity contribution in [2.45, 2.75) is 64.5 Å². The number of ether oxygens (including phenoxy) is 3. The summed E-state index contributed by atoms with van der Waals surface area (Å²) in [5.74, 6) is 0.523. The van der Waals surface area contributed by atoms with Crippen LogP contribution in [0.5, 0.6) is 5.75 Å². The molecule has 10 heteroatoms. The molecule has 1 atom stereocenters. The van der Waals surface area contributed by atoms with Gasteiger partial charge in [-0.2, -0.15) is 0 Å². The molecule has 2 N–H and O–H groups in total. The number of nitrogens with zero attached hydrogens (tertiary/aromatic N) is 2. The summed E-state index contributed by atoms with van der Waals surface area (Å²) in [5.41, 5.74) is 3.63. The predicted molar refractivity (Wildman–Crippen MR) is 201 cm³/mol. The van der Waals surface area contributed by atoms with Gasteiger partial charge in [-0.05, 0) is 117 Å². The molecule has 1 aliphatic rings. The largest absolute Gasteiger partial charge is 0.491 e. The molecule has 3 aromatic carbocycles. The van der Waals surface area contributed by atoms with Crippen molar-refractivity contribution in [3.63, 3.8) is 0 Å². The lowest BCUT2D eigenvalue weighted by Gasteiger charge is -2.30. The van der Waals surface area contributed by atoms with Crippen molar-refractivity contribution in [1.29, 1.82) is 0 Å². The minimum atomic E-state index is -0.539. The van der Waals surface area contributed by atoms with Crippen LogP contribution in [0.2, 0.25) is 0 Å². The quantitative estimate of drug-likeness (QED) is 0.134. The van der Waals surface area contributed by atoms with Gasteiger partial charge in [0.2, 0.25) is 5.91 Å². The molecule has 5 aromatic rings. The molecule has 1 saturated carbocycles. The third kappa shape index (κ3) is 9.42. The molecule has 1 fully saturated rings. The lowest BCUT2D eigenvalue weighted by molar-refractivity contribution is -0.127. The zero-order chi connectivity index (χ0) is 36.7. The average molecular weight is 703 g/mol. The number of rotatable bonds is 11. The van der Waals surface area contributed by atoms with Gasteiger partial charge in [0.25, 0.3) is 0 Å². The Bertz CT molecular complexity index is 2030. The number of pyridine rings is 2. The van der Waals surface area contributed by atoms with Crippen molar-refractivity contribution in [1.82, 2.24) is 20.6 Å². The maximum absolute atomic E-state index is 13.6. The van der Waals surface area contributed by atoms with Crippen LogP contribution in [0.1, 0.15) is 62.4 Å². The van der Waals surface area contributed by atoms with Gasteiger partial charge in [-0.25, -0.2) is 9.59 Å². The van der Waals surface area contributed by atoms with Crippen molar-refractivity contribution in [3.8, 4) is 16.9 Å². The molecule has 52 heavy (non-hydrogen) atoms. The SMILES string of the molecule is COC(=O)c1ccnc2ccc(-c3ccc(OC[C@@H](Cc4ccc5cnccc5c4)NC(=O)C4CCC(CNC(=O)OC(C)(C)C)CC4)cc3)cc12. The van der Waals surface area contributed by atoms with Crippen molar-refractivity contribution in [2.75, 3.05) is 20.3 Å². The monoisotopic (exact) mass is 702 g/mol. The number of esters is 1. The van der Waals surface area contributed by atoms with Gasteiger partial charge in [-0.3, -0.25) is 14.8 Å². The van der Waals surface area contributed by atoms with E-state index in [1.807, 2.05) is 75.5 Å². The first kappa shape index (κ1) is 36.3. The zero-order valence-corrected chi connectivity index (χ0v) is 30.2. The third-order valence-electron chi connectivity index (χ3n) is 9.47. The standard InChI is InChI=1S/C42H46N4O6/c1-42(2,3)52-41(49)45-24-27-5-8-30(9-6-27)39(47)46-34(22-28-7-10-33-25-43-19-17-32(33)21-28)26-51-35-14-11-29(12-15-35)31-13-16-38-37(23-31)36(18-20-44-38)40(48)50-4/h7,10-21,23,25,27,30,34H,5-6,8-9,22,24,26H2,1-4H3,(H,45,49)(H,46,47)/t27?,30?,34-/m1/s1. The zero-order valence-electron chi connectivity index (χ0n) is 30.2. The van der Waals surface area contributed by atoms with Gasteiger partial charge in [0.15, 0.2) is 0 Å². The summed E-state index contributed by atoms with van der Waals surface area (Å²) in [5, 5.41) is 9.07. The molecule has 270 valence electrons. The highest BCUT2D eigenvalue weighted by atomic mass is 16.6. The molecule has 1 aliphatic carbocycles. The first-order valence-corrected chi connectivity index (χ1v) is 17.8. The van der Waals surface area contributed by atoms with E-state index in [0.717, 1.165) is 58.5 Å². The Labute approximate surface area is 304 Å². The van der Waals surface area contributed by atoms with E-state index in [2.05, 4.69) is 38.8 Å². The fourth-order valence-electron chi connectivity index (χ4n) is 6.74. The van der Waals surface area contributed by atoms with E-state index < -0.39 is 17.7 Å². The van der Waals surface area contributed by atoms with Crippen molar-refractivity contribution in [2.24, 2.45) is 11.8 Å². The van der Waals surface area contributed by atoms with Crippen LogP contribution in [0.3, 0.4) is 0 Å². The summed E-state index contributed by atoms with van der Waals surface area (Å²) in [6, 6.07) is 23.3. The molecule has 0 aliphatic heterocycles. The van der Waals surface area contributed by atoms with Gasteiger partial charge in [0.1, 0.15) is 18.0 Å². The minimum absolute atomic E-state index is 0.0320. The molecular formula is C42H46N4O6. The van der Waals surface area contributed by atoms with Crippen LogP contribution in [0, 0.1) is 11.8 Å². The number of aromatic nitrogens is 2. The summed E-state index contributed by atoms with van der Waals surface area (Å²) in [6.45, 7) is 6.37. The smallest absolute Gasteiger partial charge is 0.407 e. The number of fused-ring (bicyclic) bond motifs is 2. The molecule has 6 rings (SSSR count). The topological polar surface area (TPSA) is 129 Å². The number of nitrogens with one attached hydrogen (secondary N) is 2. The molecule has 2 heterocycles. The fraction of sp³-hybridized carbons (Fsp3) is 0.357. The molecule has 0 saturated heterocycles. The maximum atomic E-state index is 13.6. The fourth-order valence-corrected chi connectivity index (χ4v) is 6.74. The number of carbonyl (C=O) groups is 3. The van der Waals surface area contributed by atoms with Gasteiger partial charge in [-0.1, -0.05) is 36.4 Å². The van der Waals surface area contributed by atoms with Crippen LogP contribution >= 0.6 is 0 Å². The van der Waals surface area contributed by atoms with Crippen LogP contribution < -0.4 is 15.4 Å². The number of carbonyl (C=O) groups excluding carboxylic acids is 3. The first-order chi connectivity index (χ1) is 25.0. The van der Waals surface area contributed by atoms with Gasteiger partial charge in [0.05, 0.1) is 24.2 Å². The lowest BCUT2D eigenvalue weighted by Crippen LogP contribution is -2.44. The van der Waals surface area contributed by atoms with Crippen molar-refractivity contribution >= 4 is 39.6 Å². The highest BCUT2D eigenvalue weighted by molar-refractivity contribution is 6.04. The van der Waals surface area contributed by atoms with Crippen LogP contribution in [0.4, 0.5) is 4.79 Å². The summed E-state index contributed by atoms with van der Waals surface area (Å²) in [7, 11) is 1.37. The van der Waals surface area contributed by atoms with E-state index in [4.69, 9.17) is 14.2 Å². The van der Waals surface area contributed by atoms with Gasteiger partial charge < -0.3 is 24.8 Å². The Hall–Kier alpha value is -5.51. The molecule has 10 nitrogen and oxygen atoms in total. The van der Waals surface area contributed by atoms with Crippen molar-refractivity contribution < 1.29 is 28.6 Å². The Morgan fingerprint density at radius 2 is 1.63 bits per heavy atom. The van der Waals surface area contributed by atoms with Gasteiger partial charge in [0, 0.05) is 41.8 Å². The Balaban J connectivity index is 1.10. The number of hydrogen-bond donors (Lipinski definition) is 2. The van der Waals surface area contributed by atoms with Crippen molar-refractivity contribution in [3.05, 3.63) is 103 Å². The predicted octanol–water partition coefficient (Wildman–Crippen LogP) is 7.67. The Morgan fingerprint density at radius 3 is 2.38 bits per heavy atom. The molecule has 0 unspecified atom stereocenters. The molecule has 0 radical (unpaired) electrons. The molecule has 0 bridgehead atoms. The number of methoxy groups -OCH3 is 1. The summed E-state index contributed by atoms with van der Waals surface area (Å²) in [6.07, 6.45) is 8.66. The number of hydrogen-bond acceptors (Lipinski definition) is 8. The van der Waals surface area contributed by atoms with Crippen LogP contribution in [-0.2, 0) is 20.7 Å². The van der Waals surface area contributed by atoms with E-state index in [1.165, 1.54) is 7.11 Å². The van der Waals surface area contributed by atoms with E-state index in [1.54, 1.807) is 18.5 Å². The van der Waals surface area contributed by atoms with Gasteiger partial charge >= 0.3 is 12.1 Å². The molecule has 2 aromatic heterocycles. The van der Waals surface area contributed by atoms with E-state index in [-0.39, 0.29) is 17.9 Å². The Morgan fingerprint density at radius 1 is 0.865 bits per heavy atom. The Kier molecular flexibility index (Phi) is 11.3. The minimum Gasteiger partial charge on any atom is -0.491 e. The highest BCUT2D eigenvalue weighted by Crippen LogP contribution is 2.30. The average Bonchev–Trinajstić information content (AvgIpc) is 3.15. The summed E-state index contributed by atoms with van der Waals surface area (Å²) < 4.78 is 16.6.